The zero-order valence-electron chi connectivity index (χ0n) is 7.54. The van der Waals surface area contributed by atoms with Crippen LogP contribution in [0.5, 0.6) is 0 Å². The maximum absolute atomic E-state index is 12.9. The fourth-order valence-electron chi connectivity index (χ4n) is 1.08. The van der Waals surface area contributed by atoms with Crippen LogP contribution in [-0.2, 0) is 6.18 Å². The van der Waals surface area contributed by atoms with Crippen LogP contribution in [0.2, 0.25) is 5.02 Å². The quantitative estimate of drug-likeness (QED) is 0.456. The second-order valence-corrected chi connectivity index (χ2v) is 3.83. The van der Waals surface area contributed by atoms with E-state index in [-0.39, 0.29) is 11.4 Å². The molecular weight excluding hydrogens is 315 g/mol. The summed E-state index contributed by atoms with van der Waals surface area (Å²) in [6.45, 7) is 0. The van der Waals surface area contributed by atoms with Crippen molar-refractivity contribution in [2.45, 2.75) is 6.18 Å². The number of halogens is 6. The van der Waals surface area contributed by atoms with Crippen molar-refractivity contribution < 1.29 is 22.4 Å². The maximum Gasteiger partial charge on any atom is 0.417 e. The van der Waals surface area contributed by atoms with Crippen LogP contribution in [0.1, 0.15) is 15.9 Å². The van der Waals surface area contributed by atoms with Crippen LogP contribution in [0.4, 0.5) is 17.6 Å². The molecule has 1 rings (SSSR count). The predicted octanol–water partition coefficient (Wildman–Crippen LogP) is 4.08. The molecule has 1 aromatic rings. The third-order valence-electron chi connectivity index (χ3n) is 1.79. The second kappa shape index (κ2) is 4.71. The summed E-state index contributed by atoms with van der Waals surface area (Å²) in [5.74, 6) is -2.02. The Hall–Kier alpha value is -0.620. The van der Waals surface area contributed by atoms with Gasteiger partial charge in [-0.2, -0.15) is 13.2 Å². The first kappa shape index (κ1) is 13.4. The molecule has 0 amide bonds. The minimum absolute atomic E-state index is 0.220. The molecule has 0 fully saturated rings. The highest BCUT2D eigenvalue weighted by Crippen LogP contribution is 2.34. The van der Waals surface area contributed by atoms with Gasteiger partial charge in [0, 0.05) is 5.56 Å². The molecule has 0 aliphatic rings. The van der Waals surface area contributed by atoms with Crippen molar-refractivity contribution in [1.29, 1.82) is 0 Å². The lowest BCUT2D eigenvalue weighted by atomic mass is 10.0. The molecule has 0 saturated heterocycles. The molecule has 0 heterocycles. The van der Waals surface area contributed by atoms with Gasteiger partial charge in [0.1, 0.15) is 5.82 Å². The number of benzene rings is 1. The lowest BCUT2D eigenvalue weighted by molar-refractivity contribution is -0.138. The molecule has 1 nitrogen and oxygen atoms in total. The maximum atomic E-state index is 12.9. The molecule has 0 bridgehead atoms. The summed E-state index contributed by atoms with van der Waals surface area (Å²) < 4.78 is 50.3. The van der Waals surface area contributed by atoms with Crippen LogP contribution in [0, 0.1) is 5.82 Å². The van der Waals surface area contributed by atoms with Crippen molar-refractivity contribution in [2.75, 3.05) is 5.33 Å². The topological polar surface area (TPSA) is 17.1 Å². The Bertz CT molecular complexity index is 430. The SMILES string of the molecule is O=C(CBr)c1cc(Cl)c(F)cc1C(F)(F)F. The van der Waals surface area contributed by atoms with Crippen molar-refractivity contribution >= 4 is 33.3 Å². The fourth-order valence-corrected chi connectivity index (χ4v) is 1.55. The second-order valence-electron chi connectivity index (χ2n) is 2.87. The van der Waals surface area contributed by atoms with E-state index in [0.717, 1.165) is 0 Å². The average Bonchev–Trinajstić information content (AvgIpc) is 2.18. The summed E-state index contributed by atoms with van der Waals surface area (Å²) in [6, 6.07) is 0.904. The normalized spacial score (nSPS) is 11.6. The molecule has 0 aromatic heterocycles. The molecule has 7 heteroatoms. The van der Waals surface area contributed by atoms with Gasteiger partial charge in [-0.1, -0.05) is 27.5 Å². The van der Waals surface area contributed by atoms with Crippen molar-refractivity contribution in [2.24, 2.45) is 0 Å². The number of alkyl halides is 4. The molecule has 0 radical (unpaired) electrons. The molecule has 1 aromatic carbocycles. The van der Waals surface area contributed by atoms with Gasteiger partial charge in [0.2, 0.25) is 0 Å². The smallest absolute Gasteiger partial charge is 0.293 e. The Balaban J connectivity index is 3.45. The fraction of sp³-hybridized carbons (Fsp3) is 0.222. The molecule has 0 unspecified atom stereocenters. The van der Waals surface area contributed by atoms with Gasteiger partial charge in [0.15, 0.2) is 5.78 Å². The minimum Gasteiger partial charge on any atom is -0.293 e. The van der Waals surface area contributed by atoms with E-state index in [2.05, 4.69) is 15.9 Å². The van der Waals surface area contributed by atoms with E-state index in [1.54, 1.807) is 0 Å². The highest BCUT2D eigenvalue weighted by molar-refractivity contribution is 9.09. The molecule has 0 N–H and O–H groups in total. The van der Waals surface area contributed by atoms with Gasteiger partial charge in [0.05, 0.1) is 15.9 Å². The molecule has 0 aliphatic heterocycles. The number of hydrogen-bond acceptors (Lipinski definition) is 1. The Labute approximate surface area is 102 Å². The molecule has 88 valence electrons. The van der Waals surface area contributed by atoms with E-state index in [0.29, 0.717) is 6.07 Å². The van der Waals surface area contributed by atoms with Gasteiger partial charge >= 0.3 is 6.18 Å². The Morgan fingerprint density at radius 2 is 1.94 bits per heavy atom. The highest BCUT2D eigenvalue weighted by atomic mass is 79.9. The Morgan fingerprint density at radius 1 is 1.38 bits per heavy atom. The summed E-state index contributed by atoms with van der Waals surface area (Å²) in [6.07, 6.45) is -4.79. The van der Waals surface area contributed by atoms with Crippen LogP contribution >= 0.6 is 27.5 Å². The molecule has 0 spiro atoms. The van der Waals surface area contributed by atoms with Crippen molar-refractivity contribution in [3.8, 4) is 0 Å². The van der Waals surface area contributed by atoms with Crippen LogP contribution in [0.15, 0.2) is 12.1 Å². The summed E-state index contributed by atoms with van der Waals surface area (Å²) in [7, 11) is 0. The van der Waals surface area contributed by atoms with Crippen molar-refractivity contribution in [3.05, 3.63) is 34.1 Å². The van der Waals surface area contributed by atoms with E-state index in [4.69, 9.17) is 11.6 Å². The third-order valence-corrected chi connectivity index (χ3v) is 2.59. The van der Waals surface area contributed by atoms with Gasteiger partial charge in [-0.25, -0.2) is 4.39 Å². The number of carbonyl (C=O) groups is 1. The van der Waals surface area contributed by atoms with E-state index in [9.17, 15) is 22.4 Å². The zero-order chi connectivity index (χ0) is 12.5. The van der Waals surface area contributed by atoms with Crippen LogP contribution in [0.3, 0.4) is 0 Å². The number of Topliss-reactive ketones (excluding diaryl/α,β-unsaturated/α-hetero) is 1. The van der Waals surface area contributed by atoms with E-state index in [1.165, 1.54) is 0 Å². The Kier molecular flexibility index (Phi) is 3.96. The van der Waals surface area contributed by atoms with Gasteiger partial charge in [0.25, 0.3) is 0 Å². The predicted molar refractivity (Wildman–Crippen MR) is 54.5 cm³/mol. The average molecular weight is 319 g/mol. The van der Waals surface area contributed by atoms with Crippen molar-refractivity contribution in [1.82, 2.24) is 0 Å². The lowest BCUT2D eigenvalue weighted by Crippen LogP contribution is -2.14. The number of ketones is 1. The summed E-state index contributed by atoms with van der Waals surface area (Å²) in [4.78, 5) is 11.2. The first-order valence-electron chi connectivity index (χ1n) is 3.92. The lowest BCUT2D eigenvalue weighted by Gasteiger charge is -2.12. The van der Waals surface area contributed by atoms with E-state index in [1.807, 2.05) is 0 Å². The van der Waals surface area contributed by atoms with Crippen molar-refractivity contribution in [3.63, 3.8) is 0 Å². The van der Waals surface area contributed by atoms with Gasteiger partial charge in [-0.15, -0.1) is 0 Å². The minimum atomic E-state index is -4.79. The highest BCUT2D eigenvalue weighted by Gasteiger charge is 2.36. The van der Waals surface area contributed by atoms with E-state index < -0.39 is 33.9 Å². The van der Waals surface area contributed by atoms with Gasteiger partial charge < -0.3 is 0 Å². The van der Waals surface area contributed by atoms with Crippen LogP contribution in [-0.4, -0.2) is 11.1 Å². The molecule has 16 heavy (non-hydrogen) atoms. The van der Waals surface area contributed by atoms with Crippen LogP contribution in [0.25, 0.3) is 0 Å². The summed E-state index contributed by atoms with van der Waals surface area (Å²) in [5, 5.41) is -0.810. The summed E-state index contributed by atoms with van der Waals surface area (Å²) >= 11 is 8.07. The number of hydrogen-bond donors (Lipinski definition) is 0. The molecule has 0 aliphatic carbocycles. The Morgan fingerprint density at radius 3 is 2.38 bits per heavy atom. The van der Waals surface area contributed by atoms with Gasteiger partial charge in [-0.05, 0) is 12.1 Å². The standard InChI is InChI=1S/C9H4BrClF4O/c10-3-8(16)4-1-6(11)7(12)2-5(4)9(13,14)15/h1-2H,3H2. The monoisotopic (exact) mass is 318 g/mol. The van der Waals surface area contributed by atoms with Crippen LogP contribution < -0.4 is 0 Å². The van der Waals surface area contributed by atoms with Gasteiger partial charge in [-0.3, -0.25) is 4.79 Å². The number of rotatable bonds is 2. The first-order chi connectivity index (χ1) is 7.27. The summed E-state index contributed by atoms with van der Waals surface area (Å²) in [5.41, 5.74) is -1.96. The first-order valence-corrected chi connectivity index (χ1v) is 5.42. The molecule has 0 saturated carbocycles. The van der Waals surface area contributed by atoms with E-state index >= 15 is 0 Å². The zero-order valence-corrected chi connectivity index (χ0v) is 9.88. The largest absolute Gasteiger partial charge is 0.417 e. The molecular formula is C9H4BrClF4O. The molecule has 0 atom stereocenters. The third kappa shape index (κ3) is 2.74. The number of carbonyl (C=O) groups excluding carboxylic acids is 1.